The van der Waals surface area contributed by atoms with E-state index in [2.05, 4.69) is 10.5 Å². The smallest absolute Gasteiger partial charge is 0.416 e. The van der Waals surface area contributed by atoms with Crippen LogP contribution < -0.4 is 10.2 Å². The minimum Gasteiger partial charge on any atom is -0.487 e. The molecule has 8 heteroatoms. The fourth-order valence-corrected chi connectivity index (χ4v) is 2.79. The number of aromatic nitrogens is 1. The molecule has 0 saturated heterocycles. The summed E-state index contributed by atoms with van der Waals surface area (Å²) in [6, 6.07) is 12.1. The minimum atomic E-state index is -4.39. The van der Waals surface area contributed by atoms with E-state index >= 15 is 0 Å². The van der Waals surface area contributed by atoms with Crippen molar-refractivity contribution < 1.29 is 27.5 Å². The average molecular weight is 418 g/mol. The van der Waals surface area contributed by atoms with Crippen LogP contribution in [0.15, 0.2) is 58.5 Å². The third-order valence-corrected chi connectivity index (χ3v) is 4.36. The van der Waals surface area contributed by atoms with Gasteiger partial charge in [-0.25, -0.2) is 10.5 Å². The van der Waals surface area contributed by atoms with Crippen LogP contribution in [-0.4, -0.2) is 16.7 Å². The molecule has 158 valence electrons. The number of rotatable bonds is 7. The van der Waals surface area contributed by atoms with Gasteiger partial charge in [0, 0.05) is 12.1 Å². The predicted octanol–water partition coefficient (Wildman–Crippen LogP) is 5.63. The molecule has 3 aromatic rings. The van der Waals surface area contributed by atoms with Crippen LogP contribution >= 0.6 is 0 Å². The quantitative estimate of drug-likeness (QED) is 0.487. The van der Waals surface area contributed by atoms with Crippen LogP contribution in [0.5, 0.6) is 5.75 Å². The van der Waals surface area contributed by atoms with Crippen molar-refractivity contribution >= 4 is 6.08 Å². The molecule has 0 aliphatic rings. The molecular weight excluding hydrogens is 397 g/mol. The average Bonchev–Trinajstić information content (AvgIpc) is 3.07. The second kappa shape index (κ2) is 9.15. The van der Waals surface area contributed by atoms with Crippen LogP contribution in [-0.2, 0) is 12.8 Å². The number of alkyl halides is 3. The molecule has 0 spiro atoms. The SMILES string of the molecule is C/C(=C\c1cccc(OCc2nc(-c3ccc(C(F)(F)F)cc3)oc2C)c1)CNO. The third-order valence-electron chi connectivity index (χ3n) is 4.36. The Balaban J connectivity index is 1.70. The van der Waals surface area contributed by atoms with Crippen LogP contribution in [0.25, 0.3) is 17.5 Å². The molecule has 3 rings (SSSR count). The fraction of sp³-hybridized carbons (Fsp3) is 0.227. The Hall–Kier alpha value is -3.10. The third kappa shape index (κ3) is 5.49. The van der Waals surface area contributed by atoms with Crippen molar-refractivity contribution in [3.8, 4) is 17.2 Å². The lowest BCUT2D eigenvalue weighted by Crippen LogP contribution is -2.09. The zero-order valence-electron chi connectivity index (χ0n) is 16.5. The van der Waals surface area contributed by atoms with E-state index < -0.39 is 11.7 Å². The highest BCUT2D eigenvalue weighted by atomic mass is 19.4. The standard InChI is InChI=1S/C22H21F3N2O3/c1-14(12-26-28)10-16-4-3-5-19(11-16)29-13-20-15(2)30-21(27-20)17-6-8-18(9-7-17)22(23,24)25/h3-11,26,28H,12-13H2,1-2H3/b14-10+. The number of hydrogen-bond acceptors (Lipinski definition) is 5. The topological polar surface area (TPSA) is 67.5 Å². The molecule has 0 fully saturated rings. The normalized spacial score (nSPS) is 12.3. The minimum absolute atomic E-state index is 0.153. The summed E-state index contributed by atoms with van der Waals surface area (Å²) in [7, 11) is 0. The maximum atomic E-state index is 12.7. The van der Waals surface area contributed by atoms with Crippen molar-refractivity contribution in [3.63, 3.8) is 0 Å². The van der Waals surface area contributed by atoms with Gasteiger partial charge in [0.15, 0.2) is 0 Å². The molecule has 1 heterocycles. The van der Waals surface area contributed by atoms with Crippen LogP contribution in [0.2, 0.25) is 0 Å². The summed E-state index contributed by atoms with van der Waals surface area (Å²) in [6.07, 6.45) is -2.47. The van der Waals surface area contributed by atoms with E-state index in [9.17, 15) is 13.2 Å². The van der Waals surface area contributed by atoms with E-state index in [1.165, 1.54) is 12.1 Å². The number of aryl methyl sites for hydroxylation is 1. The molecular formula is C22H21F3N2O3. The van der Waals surface area contributed by atoms with E-state index in [0.29, 0.717) is 29.3 Å². The number of benzene rings is 2. The molecule has 2 aromatic carbocycles. The molecule has 0 aliphatic heterocycles. The summed E-state index contributed by atoms with van der Waals surface area (Å²) >= 11 is 0. The van der Waals surface area contributed by atoms with Crippen LogP contribution in [0.1, 0.15) is 29.5 Å². The zero-order valence-corrected chi connectivity index (χ0v) is 16.5. The summed E-state index contributed by atoms with van der Waals surface area (Å²) in [5, 5.41) is 8.76. The molecule has 0 atom stereocenters. The van der Waals surface area contributed by atoms with E-state index in [-0.39, 0.29) is 12.5 Å². The van der Waals surface area contributed by atoms with Gasteiger partial charge in [-0.1, -0.05) is 23.8 Å². The van der Waals surface area contributed by atoms with Gasteiger partial charge in [-0.15, -0.1) is 0 Å². The molecule has 0 saturated carbocycles. The van der Waals surface area contributed by atoms with E-state index in [0.717, 1.165) is 23.3 Å². The number of halogens is 3. The number of oxazole rings is 1. The second-order valence-corrected chi connectivity index (χ2v) is 6.78. The summed E-state index contributed by atoms with van der Waals surface area (Å²) in [6.45, 7) is 4.12. The van der Waals surface area contributed by atoms with E-state index in [1.54, 1.807) is 6.92 Å². The Morgan fingerprint density at radius 2 is 1.93 bits per heavy atom. The lowest BCUT2D eigenvalue weighted by Gasteiger charge is -2.06. The first-order chi connectivity index (χ1) is 14.3. The van der Waals surface area contributed by atoms with Gasteiger partial charge in [0.2, 0.25) is 5.89 Å². The Labute approximate surface area is 171 Å². The van der Waals surface area contributed by atoms with Gasteiger partial charge in [-0.3, -0.25) is 0 Å². The fourth-order valence-electron chi connectivity index (χ4n) is 2.79. The first-order valence-corrected chi connectivity index (χ1v) is 9.17. The monoisotopic (exact) mass is 418 g/mol. The molecule has 0 unspecified atom stereocenters. The molecule has 0 radical (unpaired) electrons. The van der Waals surface area contributed by atoms with Crippen molar-refractivity contribution in [1.29, 1.82) is 0 Å². The molecule has 0 aliphatic carbocycles. The maximum Gasteiger partial charge on any atom is 0.416 e. The lowest BCUT2D eigenvalue weighted by atomic mass is 10.1. The molecule has 5 nitrogen and oxygen atoms in total. The number of nitrogens with zero attached hydrogens (tertiary/aromatic N) is 1. The first-order valence-electron chi connectivity index (χ1n) is 9.17. The lowest BCUT2D eigenvalue weighted by molar-refractivity contribution is -0.137. The van der Waals surface area contributed by atoms with Gasteiger partial charge in [0.25, 0.3) is 0 Å². The summed E-state index contributed by atoms with van der Waals surface area (Å²) in [5.41, 5.74) is 4.27. The van der Waals surface area contributed by atoms with Crippen molar-refractivity contribution in [1.82, 2.24) is 10.5 Å². The van der Waals surface area contributed by atoms with Crippen molar-refractivity contribution in [3.05, 3.63) is 76.7 Å². The summed E-state index contributed by atoms with van der Waals surface area (Å²) in [4.78, 5) is 4.36. The highest BCUT2D eigenvalue weighted by molar-refractivity contribution is 5.55. The van der Waals surface area contributed by atoms with Crippen LogP contribution in [0.4, 0.5) is 13.2 Å². The Morgan fingerprint density at radius 3 is 2.60 bits per heavy atom. The van der Waals surface area contributed by atoms with Crippen LogP contribution in [0, 0.1) is 6.92 Å². The van der Waals surface area contributed by atoms with Crippen molar-refractivity contribution in [2.45, 2.75) is 26.6 Å². The largest absolute Gasteiger partial charge is 0.487 e. The van der Waals surface area contributed by atoms with Crippen molar-refractivity contribution in [2.75, 3.05) is 6.54 Å². The highest BCUT2D eigenvalue weighted by Gasteiger charge is 2.30. The number of ether oxygens (including phenoxy) is 1. The molecule has 30 heavy (non-hydrogen) atoms. The molecule has 1 aromatic heterocycles. The predicted molar refractivity (Wildman–Crippen MR) is 106 cm³/mol. The number of hydrogen-bond donors (Lipinski definition) is 2. The first kappa shape index (κ1) is 21.6. The molecule has 0 amide bonds. The van der Waals surface area contributed by atoms with Gasteiger partial charge >= 0.3 is 6.18 Å². The van der Waals surface area contributed by atoms with Gasteiger partial charge in [-0.2, -0.15) is 13.2 Å². The summed E-state index contributed by atoms with van der Waals surface area (Å²) < 4.78 is 49.6. The van der Waals surface area contributed by atoms with E-state index in [1.807, 2.05) is 37.3 Å². The second-order valence-electron chi connectivity index (χ2n) is 6.78. The summed E-state index contributed by atoms with van der Waals surface area (Å²) in [5.74, 6) is 1.40. The van der Waals surface area contributed by atoms with Crippen LogP contribution in [0.3, 0.4) is 0 Å². The Morgan fingerprint density at radius 1 is 1.20 bits per heavy atom. The number of hydroxylamine groups is 1. The Bertz CT molecular complexity index is 1020. The van der Waals surface area contributed by atoms with Gasteiger partial charge in [0.05, 0.1) is 5.56 Å². The number of nitrogens with one attached hydrogen (secondary N) is 1. The zero-order chi connectivity index (χ0) is 21.7. The van der Waals surface area contributed by atoms with Gasteiger partial charge < -0.3 is 14.4 Å². The molecule has 0 bridgehead atoms. The Kier molecular flexibility index (Phi) is 6.59. The maximum absolute atomic E-state index is 12.7. The highest BCUT2D eigenvalue weighted by Crippen LogP contribution is 2.31. The van der Waals surface area contributed by atoms with Gasteiger partial charge in [0.1, 0.15) is 23.8 Å². The van der Waals surface area contributed by atoms with E-state index in [4.69, 9.17) is 14.4 Å². The van der Waals surface area contributed by atoms with Gasteiger partial charge in [-0.05, 0) is 55.8 Å². The van der Waals surface area contributed by atoms with Crippen molar-refractivity contribution in [2.24, 2.45) is 0 Å². The molecule has 2 N–H and O–H groups in total.